The Morgan fingerprint density at radius 3 is 2.50 bits per heavy atom. The van der Waals surface area contributed by atoms with Gasteiger partial charge in [-0.1, -0.05) is 44.2 Å². The fourth-order valence-corrected chi connectivity index (χ4v) is 1.70. The normalized spacial score (nSPS) is 12.6. The van der Waals surface area contributed by atoms with Crippen molar-refractivity contribution in [1.29, 1.82) is 0 Å². The molecule has 0 amide bonds. The van der Waals surface area contributed by atoms with E-state index in [4.69, 9.17) is 5.11 Å². The Bertz CT molecular complexity index is 536. The highest BCUT2D eigenvalue weighted by atomic mass is 16.4. The molecule has 1 N–H and O–H groups in total. The van der Waals surface area contributed by atoms with E-state index in [1.54, 1.807) is 0 Å². The van der Waals surface area contributed by atoms with Crippen molar-refractivity contribution in [2.45, 2.75) is 19.9 Å². The van der Waals surface area contributed by atoms with Gasteiger partial charge >= 0.3 is 5.97 Å². The van der Waals surface area contributed by atoms with E-state index in [-0.39, 0.29) is 5.92 Å². The maximum atomic E-state index is 11.2. The molecule has 0 bridgehead atoms. The molecule has 0 fully saturated rings. The molecular weight excluding hydrogens is 232 g/mol. The van der Waals surface area contributed by atoms with Crippen molar-refractivity contribution in [2.75, 3.05) is 0 Å². The van der Waals surface area contributed by atoms with Gasteiger partial charge < -0.3 is 5.11 Å². The lowest BCUT2D eigenvalue weighted by atomic mass is 10.1. The van der Waals surface area contributed by atoms with Crippen molar-refractivity contribution >= 4 is 5.97 Å². The number of benzene rings is 1. The van der Waals surface area contributed by atoms with Gasteiger partial charge in [-0.2, -0.15) is 0 Å². The summed E-state index contributed by atoms with van der Waals surface area (Å²) < 4.78 is 0. The van der Waals surface area contributed by atoms with Gasteiger partial charge in [0.25, 0.3) is 0 Å². The van der Waals surface area contributed by atoms with E-state index in [0.29, 0.717) is 5.82 Å². The molecule has 94 valence electrons. The molecule has 6 heteroatoms. The lowest BCUT2D eigenvalue weighted by Crippen LogP contribution is -2.26. The monoisotopic (exact) mass is 246 g/mol. The fourth-order valence-electron chi connectivity index (χ4n) is 1.70. The zero-order valence-corrected chi connectivity index (χ0v) is 10.2. The van der Waals surface area contributed by atoms with Crippen LogP contribution in [0.2, 0.25) is 0 Å². The van der Waals surface area contributed by atoms with Gasteiger partial charge in [-0.05, 0) is 11.1 Å². The van der Waals surface area contributed by atoms with Crippen molar-refractivity contribution in [3.63, 3.8) is 0 Å². The SMILES string of the molecule is CC(C)[C@H](C(=O)O)n1nnc(-c2ccccc2)n1. The zero-order valence-electron chi connectivity index (χ0n) is 10.2. The molecule has 0 saturated heterocycles. The van der Waals surface area contributed by atoms with Crippen LogP contribution in [0.25, 0.3) is 11.4 Å². The van der Waals surface area contributed by atoms with Crippen LogP contribution >= 0.6 is 0 Å². The highest BCUT2D eigenvalue weighted by molar-refractivity contribution is 5.71. The molecule has 1 aromatic carbocycles. The Morgan fingerprint density at radius 2 is 1.94 bits per heavy atom. The van der Waals surface area contributed by atoms with Gasteiger partial charge in [0.05, 0.1) is 0 Å². The summed E-state index contributed by atoms with van der Waals surface area (Å²) in [5.41, 5.74) is 0.816. The minimum atomic E-state index is -0.956. The number of rotatable bonds is 4. The van der Waals surface area contributed by atoms with Crippen molar-refractivity contribution in [1.82, 2.24) is 20.2 Å². The third-order valence-electron chi connectivity index (χ3n) is 2.59. The summed E-state index contributed by atoms with van der Waals surface area (Å²) in [6.07, 6.45) is 0. The van der Waals surface area contributed by atoms with E-state index in [0.717, 1.165) is 10.4 Å². The van der Waals surface area contributed by atoms with E-state index in [9.17, 15) is 4.79 Å². The number of carbonyl (C=O) groups is 1. The van der Waals surface area contributed by atoms with Gasteiger partial charge in [0.1, 0.15) is 0 Å². The van der Waals surface area contributed by atoms with Crippen LogP contribution in [-0.4, -0.2) is 31.3 Å². The summed E-state index contributed by atoms with van der Waals surface area (Å²) >= 11 is 0. The van der Waals surface area contributed by atoms with E-state index in [1.165, 1.54) is 0 Å². The largest absolute Gasteiger partial charge is 0.480 e. The minimum absolute atomic E-state index is 0.111. The van der Waals surface area contributed by atoms with Crippen LogP contribution in [0, 0.1) is 5.92 Å². The molecular formula is C12H14N4O2. The average Bonchev–Trinajstić information content (AvgIpc) is 2.78. The first-order valence-electron chi connectivity index (χ1n) is 5.67. The zero-order chi connectivity index (χ0) is 13.1. The van der Waals surface area contributed by atoms with Gasteiger partial charge in [-0.15, -0.1) is 15.0 Å². The van der Waals surface area contributed by atoms with E-state index in [1.807, 2.05) is 44.2 Å². The first-order chi connectivity index (χ1) is 8.59. The number of hydrogen-bond donors (Lipinski definition) is 1. The first-order valence-corrected chi connectivity index (χ1v) is 5.67. The van der Waals surface area contributed by atoms with Crippen molar-refractivity contribution in [3.05, 3.63) is 30.3 Å². The Morgan fingerprint density at radius 1 is 1.28 bits per heavy atom. The minimum Gasteiger partial charge on any atom is -0.480 e. The number of tetrazole rings is 1. The number of nitrogens with zero attached hydrogens (tertiary/aromatic N) is 4. The summed E-state index contributed by atoms with van der Waals surface area (Å²) in [5, 5.41) is 21.0. The summed E-state index contributed by atoms with van der Waals surface area (Å²) in [5.74, 6) is -0.634. The van der Waals surface area contributed by atoms with E-state index in [2.05, 4.69) is 15.4 Å². The van der Waals surface area contributed by atoms with Crippen LogP contribution < -0.4 is 0 Å². The number of aliphatic carboxylic acids is 1. The van der Waals surface area contributed by atoms with Gasteiger partial charge in [0.15, 0.2) is 6.04 Å². The molecule has 0 spiro atoms. The number of carboxylic acids is 1. The second-order valence-electron chi connectivity index (χ2n) is 4.33. The average molecular weight is 246 g/mol. The highest BCUT2D eigenvalue weighted by Crippen LogP contribution is 2.18. The van der Waals surface area contributed by atoms with Crippen molar-refractivity contribution < 1.29 is 9.90 Å². The predicted molar refractivity (Wildman–Crippen MR) is 64.8 cm³/mol. The summed E-state index contributed by atoms with van der Waals surface area (Å²) in [7, 11) is 0. The molecule has 1 atom stereocenters. The second-order valence-corrected chi connectivity index (χ2v) is 4.33. The van der Waals surface area contributed by atoms with Crippen molar-refractivity contribution in [3.8, 4) is 11.4 Å². The first kappa shape index (κ1) is 12.2. The summed E-state index contributed by atoms with van der Waals surface area (Å²) in [6.45, 7) is 3.62. The Kier molecular flexibility index (Phi) is 3.36. The van der Waals surface area contributed by atoms with Crippen LogP contribution in [0.3, 0.4) is 0 Å². The standard InChI is InChI=1S/C12H14N4O2/c1-8(2)10(12(17)18)16-14-11(13-15-16)9-6-4-3-5-7-9/h3-8,10H,1-2H3,(H,17,18)/t10-/m1/s1. The van der Waals surface area contributed by atoms with Crippen LogP contribution in [0.5, 0.6) is 0 Å². The lowest BCUT2D eigenvalue weighted by molar-refractivity contribution is -0.143. The molecule has 0 aliphatic carbocycles. The summed E-state index contributed by atoms with van der Waals surface area (Å²) in [4.78, 5) is 12.3. The Labute approximate surface area is 104 Å². The Hall–Kier alpha value is -2.24. The maximum absolute atomic E-state index is 11.2. The molecule has 18 heavy (non-hydrogen) atoms. The number of hydrogen-bond acceptors (Lipinski definition) is 4. The third kappa shape index (κ3) is 2.37. The second kappa shape index (κ2) is 4.95. The van der Waals surface area contributed by atoms with Gasteiger partial charge in [-0.25, -0.2) is 4.79 Å². The van der Waals surface area contributed by atoms with Gasteiger partial charge in [-0.3, -0.25) is 0 Å². The molecule has 0 unspecified atom stereocenters. The maximum Gasteiger partial charge on any atom is 0.330 e. The highest BCUT2D eigenvalue weighted by Gasteiger charge is 2.26. The molecule has 0 aliphatic rings. The summed E-state index contributed by atoms with van der Waals surface area (Å²) in [6, 6.07) is 8.54. The van der Waals surface area contributed by atoms with Gasteiger partial charge in [0.2, 0.25) is 5.82 Å². The molecule has 1 aromatic heterocycles. The molecule has 6 nitrogen and oxygen atoms in total. The fraction of sp³-hybridized carbons (Fsp3) is 0.333. The predicted octanol–water partition coefficient (Wildman–Crippen LogP) is 1.62. The van der Waals surface area contributed by atoms with Crippen LogP contribution in [0.4, 0.5) is 0 Å². The number of aromatic nitrogens is 4. The van der Waals surface area contributed by atoms with Crippen LogP contribution in [0.1, 0.15) is 19.9 Å². The number of carboxylic acid groups (broad SMARTS) is 1. The molecule has 0 aliphatic heterocycles. The van der Waals surface area contributed by atoms with Crippen LogP contribution in [-0.2, 0) is 4.79 Å². The molecule has 2 rings (SSSR count). The Balaban J connectivity index is 2.33. The quantitative estimate of drug-likeness (QED) is 0.886. The molecule has 0 radical (unpaired) electrons. The molecule has 0 saturated carbocycles. The van der Waals surface area contributed by atoms with Crippen LogP contribution in [0.15, 0.2) is 30.3 Å². The van der Waals surface area contributed by atoms with Gasteiger partial charge in [0, 0.05) is 5.56 Å². The van der Waals surface area contributed by atoms with E-state index < -0.39 is 12.0 Å². The molecule has 2 aromatic rings. The van der Waals surface area contributed by atoms with Crippen molar-refractivity contribution in [2.24, 2.45) is 5.92 Å². The third-order valence-corrected chi connectivity index (χ3v) is 2.59. The van der Waals surface area contributed by atoms with E-state index >= 15 is 0 Å². The lowest BCUT2D eigenvalue weighted by Gasteiger charge is -2.13. The molecule has 1 heterocycles. The smallest absolute Gasteiger partial charge is 0.330 e. The topological polar surface area (TPSA) is 80.9 Å².